The number of aliphatic hydroxyl groups is 1. The molecule has 0 aromatic carbocycles. The molecule has 0 aromatic rings. The summed E-state index contributed by atoms with van der Waals surface area (Å²) in [5.41, 5.74) is 0. The molecule has 2 atom stereocenters. The van der Waals surface area contributed by atoms with Gasteiger partial charge in [0.1, 0.15) is 6.79 Å². The summed E-state index contributed by atoms with van der Waals surface area (Å²) in [6.07, 6.45) is 6.19. The van der Waals surface area contributed by atoms with Crippen molar-refractivity contribution in [3.8, 4) is 0 Å². The molecular formula is C13H26O4. The molecule has 0 bridgehead atoms. The van der Waals surface area contributed by atoms with Crippen molar-refractivity contribution in [2.45, 2.75) is 57.8 Å². The summed E-state index contributed by atoms with van der Waals surface area (Å²) in [5.74, 6) is 0.447. The van der Waals surface area contributed by atoms with Crippen LogP contribution in [-0.4, -0.2) is 38.0 Å². The van der Waals surface area contributed by atoms with Crippen molar-refractivity contribution in [1.82, 2.24) is 0 Å². The van der Waals surface area contributed by atoms with Gasteiger partial charge >= 0.3 is 0 Å². The Balaban J connectivity index is 2.35. The van der Waals surface area contributed by atoms with E-state index in [2.05, 4.69) is 0 Å². The van der Waals surface area contributed by atoms with Gasteiger partial charge in [0.25, 0.3) is 0 Å². The van der Waals surface area contributed by atoms with E-state index in [4.69, 9.17) is 14.2 Å². The van der Waals surface area contributed by atoms with E-state index in [1.807, 2.05) is 6.92 Å². The second-order valence-electron chi connectivity index (χ2n) is 4.74. The quantitative estimate of drug-likeness (QED) is 0.668. The highest BCUT2D eigenvalue weighted by atomic mass is 16.7. The Bertz CT molecular complexity index is 180. The van der Waals surface area contributed by atoms with Crippen molar-refractivity contribution in [2.75, 3.05) is 20.5 Å². The second-order valence-corrected chi connectivity index (χ2v) is 4.74. The topological polar surface area (TPSA) is 47.9 Å². The van der Waals surface area contributed by atoms with Gasteiger partial charge in [-0.15, -0.1) is 0 Å². The van der Waals surface area contributed by atoms with Gasteiger partial charge in [-0.3, -0.25) is 0 Å². The molecule has 4 heteroatoms. The summed E-state index contributed by atoms with van der Waals surface area (Å²) >= 11 is 0. The van der Waals surface area contributed by atoms with Crippen LogP contribution < -0.4 is 0 Å². The fourth-order valence-corrected chi connectivity index (χ4v) is 2.19. The van der Waals surface area contributed by atoms with Crippen molar-refractivity contribution >= 4 is 0 Å². The van der Waals surface area contributed by atoms with E-state index in [9.17, 15) is 5.11 Å². The fraction of sp³-hybridized carbons (Fsp3) is 1.00. The molecule has 0 saturated heterocycles. The first kappa shape index (κ1) is 14.9. The van der Waals surface area contributed by atoms with Crippen molar-refractivity contribution in [2.24, 2.45) is 5.92 Å². The van der Waals surface area contributed by atoms with Gasteiger partial charge in [-0.1, -0.05) is 26.2 Å². The number of methoxy groups -OCH3 is 1. The first-order valence-electron chi connectivity index (χ1n) is 6.68. The third kappa shape index (κ3) is 5.82. The monoisotopic (exact) mass is 246 g/mol. The fourth-order valence-electron chi connectivity index (χ4n) is 2.19. The molecular weight excluding hydrogens is 220 g/mol. The summed E-state index contributed by atoms with van der Waals surface area (Å²) in [6, 6.07) is 0. The Kier molecular flexibility index (Phi) is 7.77. The van der Waals surface area contributed by atoms with Crippen molar-refractivity contribution in [1.29, 1.82) is 0 Å². The average Bonchev–Trinajstić information content (AvgIpc) is 2.39. The summed E-state index contributed by atoms with van der Waals surface area (Å²) in [7, 11) is 1.61. The number of rotatable bonds is 8. The third-order valence-electron chi connectivity index (χ3n) is 3.31. The van der Waals surface area contributed by atoms with Gasteiger partial charge in [-0.05, 0) is 19.3 Å². The lowest BCUT2D eigenvalue weighted by atomic mass is 9.89. The maximum atomic E-state index is 9.52. The lowest BCUT2D eigenvalue weighted by molar-refractivity contribution is -0.224. The smallest absolute Gasteiger partial charge is 0.163 e. The molecule has 2 unspecified atom stereocenters. The summed E-state index contributed by atoms with van der Waals surface area (Å²) in [5, 5.41) is 9.52. The summed E-state index contributed by atoms with van der Waals surface area (Å²) in [6.45, 7) is 2.55. The van der Waals surface area contributed by atoms with E-state index in [0.717, 1.165) is 12.8 Å². The van der Waals surface area contributed by atoms with Crippen LogP contribution in [0.5, 0.6) is 0 Å². The van der Waals surface area contributed by atoms with Gasteiger partial charge in [0.15, 0.2) is 6.29 Å². The van der Waals surface area contributed by atoms with Gasteiger partial charge in [-0.25, -0.2) is 0 Å². The molecule has 0 spiro atoms. The first-order valence-corrected chi connectivity index (χ1v) is 6.68. The predicted molar refractivity (Wildman–Crippen MR) is 65.6 cm³/mol. The van der Waals surface area contributed by atoms with Crippen LogP contribution in [0.3, 0.4) is 0 Å². The molecule has 102 valence electrons. The van der Waals surface area contributed by atoms with Crippen LogP contribution in [0.25, 0.3) is 0 Å². The van der Waals surface area contributed by atoms with E-state index >= 15 is 0 Å². The lowest BCUT2D eigenvalue weighted by Crippen LogP contribution is -2.32. The van der Waals surface area contributed by atoms with Crippen LogP contribution in [0.2, 0.25) is 0 Å². The van der Waals surface area contributed by atoms with Gasteiger partial charge in [-0.2, -0.15) is 0 Å². The van der Waals surface area contributed by atoms with Crippen LogP contribution in [0.4, 0.5) is 0 Å². The number of ether oxygens (including phenoxy) is 3. The summed E-state index contributed by atoms with van der Waals surface area (Å²) < 4.78 is 16.2. The Labute approximate surface area is 104 Å². The highest BCUT2D eigenvalue weighted by Gasteiger charge is 2.25. The number of hydrogen-bond donors (Lipinski definition) is 1. The second kappa shape index (κ2) is 8.86. The zero-order valence-electron chi connectivity index (χ0n) is 11.1. The van der Waals surface area contributed by atoms with Gasteiger partial charge in [0, 0.05) is 13.0 Å². The van der Waals surface area contributed by atoms with Gasteiger partial charge < -0.3 is 19.3 Å². The van der Waals surface area contributed by atoms with E-state index in [1.54, 1.807) is 7.11 Å². The average molecular weight is 246 g/mol. The molecule has 1 aliphatic carbocycles. The maximum absolute atomic E-state index is 9.52. The molecule has 0 radical (unpaired) electrons. The lowest BCUT2D eigenvalue weighted by Gasteiger charge is -2.30. The van der Waals surface area contributed by atoms with E-state index < -0.39 is 6.10 Å². The minimum Gasteiger partial charge on any atom is -0.391 e. The van der Waals surface area contributed by atoms with Crippen molar-refractivity contribution in [3.63, 3.8) is 0 Å². The molecule has 1 rings (SSSR count). The number of hydrogen-bond acceptors (Lipinski definition) is 4. The SMILES string of the molecule is CCC(O)COC(OCOC)C1CCCCC1. The zero-order chi connectivity index (χ0) is 12.5. The van der Waals surface area contributed by atoms with E-state index in [-0.39, 0.29) is 13.1 Å². The van der Waals surface area contributed by atoms with E-state index in [1.165, 1.54) is 19.3 Å². The first-order chi connectivity index (χ1) is 8.27. The molecule has 0 aromatic heterocycles. The van der Waals surface area contributed by atoms with Crippen molar-refractivity contribution in [3.05, 3.63) is 0 Å². The minimum absolute atomic E-state index is 0.226. The standard InChI is InChI=1S/C13H26O4/c1-3-12(14)9-16-13(17-10-15-2)11-7-5-4-6-8-11/h11-14H,3-10H2,1-2H3. The van der Waals surface area contributed by atoms with Crippen LogP contribution >= 0.6 is 0 Å². The third-order valence-corrected chi connectivity index (χ3v) is 3.31. The largest absolute Gasteiger partial charge is 0.391 e. The van der Waals surface area contributed by atoms with Crippen molar-refractivity contribution < 1.29 is 19.3 Å². The van der Waals surface area contributed by atoms with Gasteiger partial charge in [0.2, 0.25) is 0 Å². The number of aliphatic hydroxyl groups excluding tert-OH is 1. The molecule has 17 heavy (non-hydrogen) atoms. The summed E-state index contributed by atoms with van der Waals surface area (Å²) in [4.78, 5) is 0. The molecule has 1 fully saturated rings. The van der Waals surface area contributed by atoms with Crippen LogP contribution in [0.15, 0.2) is 0 Å². The molecule has 4 nitrogen and oxygen atoms in total. The normalized spacial score (nSPS) is 21.4. The molecule has 1 saturated carbocycles. The zero-order valence-corrected chi connectivity index (χ0v) is 11.1. The Morgan fingerprint density at radius 1 is 1.18 bits per heavy atom. The maximum Gasteiger partial charge on any atom is 0.163 e. The molecule has 0 heterocycles. The highest BCUT2D eigenvalue weighted by molar-refractivity contribution is 4.69. The molecule has 0 aliphatic heterocycles. The van der Waals surface area contributed by atoms with Crippen LogP contribution in [-0.2, 0) is 14.2 Å². The molecule has 1 N–H and O–H groups in total. The minimum atomic E-state index is -0.396. The van der Waals surface area contributed by atoms with Gasteiger partial charge in [0.05, 0.1) is 12.7 Å². The Morgan fingerprint density at radius 2 is 1.88 bits per heavy atom. The van der Waals surface area contributed by atoms with Crippen LogP contribution in [0, 0.1) is 5.92 Å². The van der Waals surface area contributed by atoms with E-state index in [0.29, 0.717) is 18.9 Å². The van der Waals surface area contributed by atoms with Crippen LogP contribution in [0.1, 0.15) is 45.4 Å². The molecule has 1 aliphatic rings. The molecule has 0 amide bonds. The highest BCUT2D eigenvalue weighted by Crippen LogP contribution is 2.28. The Morgan fingerprint density at radius 3 is 2.47 bits per heavy atom. The Hall–Kier alpha value is -0.160. The predicted octanol–water partition coefficient (Wildman–Crippen LogP) is 2.30.